The van der Waals surface area contributed by atoms with E-state index in [9.17, 15) is 4.79 Å². The van der Waals surface area contributed by atoms with Gasteiger partial charge >= 0.3 is 0 Å². The summed E-state index contributed by atoms with van der Waals surface area (Å²) in [7, 11) is 0. The fourth-order valence-corrected chi connectivity index (χ4v) is 0.638. The van der Waals surface area contributed by atoms with Crippen LogP contribution in [0.5, 0.6) is 0 Å². The van der Waals surface area contributed by atoms with Gasteiger partial charge in [-0.05, 0) is 13.0 Å². The highest BCUT2D eigenvalue weighted by Crippen LogP contribution is 2.01. The highest BCUT2D eigenvalue weighted by Gasteiger charge is 2.00. The Morgan fingerprint density at radius 1 is 1.80 bits per heavy atom. The van der Waals surface area contributed by atoms with Crippen molar-refractivity contribution in [2.75, 3.05) is 0 Å². The van der Waals surface area contributed by atoms with E-state index in [1.54, 1.807) is 30.1 Å². The van der Waals surface area contributed by atoms with Crippen LogP contribution in [-0.4, -0.2) is 16.3 Å². The molecule has 1 heterocycles. The molecule has 0 aliphatic heterocycles. The molecule has 0 aromatic carbocycles. The molecule has 0 radical (unpaired) electrons. The van der Waals surface area contributed by atoms with Crippen LogP contribution < -0.4 is 0 Å². The third-order valence-corrected chi connectivity index (χ3v) is 1.15. The van der Waals surface area contributed by atoms with Gasteiger partial charge in [0.2, 0.25) is 0 Å². The smallest absolute Gasteiger partial charge is 0.295 e. The normalized spacial score (nSPS) is 12.5. The number of hydrogen-bond donors (Lipinski definition) is 0. The van der Waals surface area contributed by atoms with Crippen molar-refractivity contribution < 1.29 is 9.53 Å². The summed E-state index contributed by atoms with van der Waals surface area (Å²) in [5, 5.41) is 3.87. The van der Waals surface area contributed by atoms with Crippen LogP contribution in [0.2, 0.25) is 0 Å². The van der Waals surface area contributed by atoms with Gasteiger partial charge in [-0.15, -0.1) is 0 Å². The van der Waals surface area contributed by atoms with E-state index in [0.29, 0.717) is 6.47 Å². The summed E-state index contributed by atoms with van der Waals surface area (Å²) >= 11 is 0. The molecule has 0 amide bonds. The Morgan fingerprint density at radius 3 is 3.10 bits per heavy atom. The van der Waals surface area contributed by atoms with Gasteiger partial charge in [-0.25, -0.2) is 4.68 Å². The molecule has 4 heteroatoms. The lowest BCUT2D eigenvalue weighted by atomic mass is 10.6. The SMILES string of the molecule is CC(OC=O)n1cccn1. The molecular formula is C6H8N2O2. The second-order valence-electron chi connectivity index (χ2n) is 1.82. The molecule has 0 saturated carbocycles. The lowest BCUT2D eigenvalue weighted by Crippen LogP contribution is -2.08. The van der Waals surface area contributed by atoms with Crippen molar-refractivity contribution >= 4 is 6.47 Å². The summed E-state index contributed by atoms with van der Waals surface area (Å²) in [5.41, 5.74) is 0. The average molecular weight is 140 g/mol. The number of aromatic nitrogens is 2. The van der Waals surface area contributed by atoms with E-state index < -0.39 is 0 Å². The topological polar surface area (TPSA) is 44.1 Å². The Bertz CT molecular complexity index is 196. The molecule has 0 saturated heterocycles. The van der Waals surface area contributed by atoms with Crippen LogP contribution in [0, 0.1) is 0 Å². The molecule has 54 valence electrons. The van der Waals surface area contributed by atoms with Crippen molar-refractivity contribution in [3.05, 3.63) is 18.5 Å². The second-order valence-corrected chi connectivity index (χ2v) is 1.82. The summed E-state index contributed by atoms with van der Waals surface area (Å²) < 4.78 is 6.16. The van der Waals surface area contributed by atoms with Crippen LogP contribution in [0.15, 0.2) is 18.5 Å². The van der Waals surface area contributed by atoms with Gasteiger partial charge in [0.15, 0.2) is 6.23 Å². The van der Waals surface area contributed by atoms with E-state index in [2.05, 4.69) is 9.84 Å². The van der Waals surface area contributed by atoms with Crippen molar-refractivity contribution in [1.82, 2.24) is 9.78 Å². The number of carbonyl (C=O) groups is 1. The predicted molar refractivity (Wildman–Crippen MR) is 34.1 cm³/mol. The molecule has 0 aliphatic rings. The Morgan fingerprint density at radius 2 is 2.60 bits per heavy atom. The molecule has 0 fully saturated rings. The zero-order valence-electron chi connectivity index (χ0n) is 5.60. The molecule has 0 spiro atoms. The lowest BCUT2D eigenvalue weighted by Gasteiger charge is -2.08. The third-order valence-electron chi connectivity index (χ3n) is 1.15. The molecule has 1 unspecified atom stereocenters. The van der Waals surface area contributed by atoms with E-state index >= 15 is 0 Å². The molecule has 1 aromatic heterocycles. The van der Waals surface area contributed by atoms with Crippen LogP contribution in [0.4, 0.5) is 0 Å². The summed E-state index contributed by atoms with van der Waals surface area (Å²) in [4.78, 5) is 9.85. The molecule has 1 aromatic rings. The van der Waals surface area contributed by atoms with Gasteiger partial charge in [-0.1, -0.05) is 0 Å². The molecule has 1 atom stereocenters. The summed E-state index contributed by atoms with van der Waals surface area (Å²) in [6.45, 7) is 2.15. The summed E-state index contributed by atoms with van der Waals surface area (Å²) in [5.74, 6) is 0. The van der Waals surface area contributed by atoms with Gasteiger partial charge in [0.05, 0.1) is 0 Å². The Labute approximate surface area is 58.4 Å². The first-order valence-electron chi connectivity index (χ1n) is 2.93. The minimum absolute atomic E-state index is 0.313. The predicted octanol–water partition coefficient (Wildman–Crippen LogP) is 0.575. The van der Waals surface area contributed by atoms with Gasteiger partial charge in [0.25, 0.3) is 6.47 Å². The molecular weight excluding hydrogens is 132 g/mol. The fourth-order valence-electron chi connectivity index (χ4n) is 0.638. The minimum atomic E-state index is -0.313. The van der Waals surface area contributed by atoms with Gasteiger partial charge < -0.3 is 4.74 Å². The Hall–Kier alpha value is -1.32. The van der Waals surface area contributed by atoms with Crippen LogP contribution >= 0.6 is 0 Å². The molecule has 4 nitrogen and oxygen atoms in total. The third kappa shape index (κ3) is 1.34. The Balaban J connectivity index is 2.58. The lowest BCUT2D eigenvalue weighted by molar-refractivity contribution is -0.137. The number of hydrogen-bond acceptors (Lipinski definition) is 3. The van der Waals surface area contributed by atoms with Gasteiger partial charge in [-0.2, -0.15) is 5.10 Å². The van der Waals surface area contributed by atoms with Crippen molar-refractivity contribution in [3.63, 3.8) is 0 Å². The zero-order valence-corrected chi connectivity index (χ0v) is 5.60. The van der Waals surface area contributed by atoms with Gasteiger partial charge in [0, 0.05) is 12.4 Å². The average Bonchev–Trinajstić information content (AvgIpc) is 2.38. The van der Waals surface area contributed by atoms with Crippen LogP contribution in [0.25, 0.3) is 0 Å². The standard InChI is InChI=1S/C6H8N2O2/c1-6(10-5-9)8-4-2-3-7-8/h2-6H,1H3. The fraction of sp³-hybridized carbons (Fsp3) is 0.333. The maximum absolute atomic E-state index is 9.85. The highest BCUT2D eigenvalue weighted by atomic mass is 16.5. The molecule has 0 bridgehead atoms. The maximum atomic E-state index is 9.85. The molecule has 10 heavy (non-hydrogen) atoms. The first-order valence-corrected chi connectivity index (χ1v) is 2.93. The minimum Gasteiger partial charge on any atom is -0.442 e. The van der Waals surface area contributed by atoms with Crippen molar-refractivity contribution in [1.29, 1.82) is 0 Å². The van der Waals surface area contributed by atoms with Crippen LogP contribution in [0.3, 0.4) is 0 Å². The van der Waals surface area contributed by atoms with Crippen molar-refractivity contribution in [2.24, 2.45) is 0 Å². The zero-order chi connectivity index (χ0) is 7.40. The number of ether oxygens (including phenoxy) is 1. The van der Waals surface area contributed by atoms with Crippen molar-refractivity contribution in [3.8, 4) is 0 Å². The van der Waals surface area contributed by atoms with E-state index in [0.717, 1.165) is 0 Å². The largest absolute Gasteiger partial charge is 0.442 e. The van der Waals surface area contributed by atoms with Crippen LogP contribution in [0.1, 0.15) is 13.2 Å². The van der Waals surface area contributed by atoms with E-state index in [1.165, 1.54) is 0 Å². The van der Waals surface area contributed by atoms with Crippen molar-refractivity contribution in [2.45, 2.75) is 13.2 Å². The van der Waals surface area contributed by atoms with Gasteiger partial charge in [-0.3, -0.25) is 4.79 Å². The maximum Gasteiger partial charge on any atom is 0.295 e. The highest BCUT2D eigenvalue weighted by molar-refractivity contribution is 5.37. The van der Waals surface area contributed by atoms with E-state index in [4.69, 9.17) is 0 Å². The summed E-state index contributed by atoms with van der Waals surface area (Å²) in [6, 6.07) is 1.77. The van der Waals surface area contributed by atoms with Gasteiger partial charge in [0.1, 0.15) is 0 Å². The Kier molecular flexibility index (Phi) is 2.04. The van der Waals surface area contributed by atoms with Crippen LogP contribution in [-0.2, 0) is 9.53 Å². The van der Waals surface area contributed by atoms with E-state index in [1.807, 2.05) is 0 Å². The quantitative estimate of drug-likeness (QED) is 0.576. The van der Waals surface area contributed by atoms with E-state index in [-0.39, 0.29) is 6.23 Å². The first kappa shape index (κ1) is 6.80. The summed E-state index contributed by atoms with van der Waals surface area (Å²) in [6.07, 6.45) is 3.05. The molecule has 1 rings (SSSR count). The number of nitrogens with zero attached hydrogens (tertiary/aromatic N) is 2. The second kappa shape index (κ2) is 3.00. The monoisotopic (exact) mass is 140 g/mol. The molecule has 0 aliphatic carbocycles. The molecule has 0 N–H and O–H groups in total. The first-order chi connectivity index (χ1) is 4.84. The number of rotatable bonds is 3. The number of carbonyl (C=O) groups excluding carboxylic acids is 1.